The Morgan fingerprint density at radius 1 is 1.19 bits per heavy atom. The fourth-order valence-corrected chi connectivity index (χ4v) is 4.82. The lowest BCUT2D eigenvalue weighted by Gasteiger charge is -2.12. The summed E-state index contributed by atoms with van der Waals surface area (Å²) in [6.07, 6.45) is 0. The largest absolute Gasteiger partial charge is 0.444 e. The molecule has 140 valence electrons. The summed E-state index contributed by atoms with van der Waals surface area (Å²) < 4.78 is 31.3. The van der Waals surface area contributed by atoms with E-state index in [1.165, 1.54) is 6.07 Å². The Morgan fingerprint density at radius 2 is 1.96 bits per heavy atom. The monoisotopic (exact) mass is 449 g/mol. The highest BCUT2D eigenvalue weighted by molar-refractivity contribution is 9.10. The van der Waals surface area contributed by atoms with Crippen LogP contribution in [0.4, 0.5) is 5.82 Å². The minimum atomic E-state index is -3.25. The molecule has 9 heteroatoms. The minimum Gasteiger partial charge on any atom is -0.444 e. The van der Waals surface area contributed by atoms with E-state index in [0.29, 0.717) is 21.7 Å². The number of carbonyl (C=O) groups excluding carboxylic acids is 1. The van der Waals surface area contributed by atoms with Gasteiger partial charge >= 0.3 is 0 Å². The molecule has 0 saturated heterocycles. The number of carbonyl (C=O) groups is 1. The first-order chi connectivity index (χ1) is 12.7. The van der Waals surface area contributed by atoms with Crippen LogP contribution in [-0.4, -0.2) is 24.1 Å². The Bertz CT molecular complexity index is 1180. The molecule has 1 aliphatic rings. The Kier molecular flexibility index (Phi) is 4.23. The molecule has 1 amide bonds. The maximum atomic E-state index is 12.6. The molecule has 1 N–H and O–H groups in total. The predicted molar refractivity (Wildman–Crippen MR) is 104 cm³/mol. The van der Waals surface area contributed by atoms with E-state index in [0.717, 1.165) is 16.8 Å². The molecular formula is C18H16BrN3O4S. The van der Waals surface area contributed by atoms with E-state index in [1.807, 2.05) is 32.0 Å². The lowest BCUT2D eigenvalue weighted by molar-refractivity contribution is 0.0994. The van der Waals surface area contributed by atoms with Crippen molar-refractivity contribution in [2.75, 3.05) is 5.32 Å². The van der Waals surface area contributed by atoms with Gasteiger partial charge in [-0.15, -0.1) is 0 Å². The molecule has 0 fully saturated rings. The van der Waals surface area contributed by atoms with E-state index >= 15 is 0 Å². The van der Waals surface area contributed by atoms with Gasteiger partial charge in [0.2, 0.25) is 0 Å². The summed E-state index contributed by atoms with van der Waals surface area (Å²) in [4.78, 5) is 12.6. The zero-order valence-electron chi connectivity index (χ0n) is 14.6. The summed E-state index contributed by atoms with van der Waals surface area (Å²) in [6.45, 7) is 3.99. The second-order valence-corrected chi connectivity index (χ2v) is 9.39. The van der Waals surface area contributed by atoms with Crippen molar-refractivity contribution >= 4 is 37.5 Å². The molecule has 0 aliphatic carbocycles. The number of hydrogen-bond donors (Lipinski definition) is 1. The summed E-state index contributed by atoms with van der Waals surface area (Å²) in [5.74, 6) is -0.283. The standard InChI is InChI=1S/C18H16BrN3O4S/c1-10-3-4-12(7-11(10)2)22-17(13-8-27(24,25)9-14(13)21-22)20-18(23)15-5-6-16(19)26-15/h3-7H,8-9H2,1-2H3,(H,20,23). The Morgan fingerprint density at radius 3 is 2.63 bits per heavy atom. The molecule has 1 aromatic carbocycles. The van der Waals surface area contributed by atoms with Gasteiger partial charge in [0.15, 0.2) is 20.3 Å². The lowest BCUT2D eigenvalue weighted by Crippen LogP contribution is -2.16. The molecule has 4 rings (SSSR count). The number of hydrogen-bond acceptors (Lipinski definition) is 5. The van der Waals surface area contributed by atoms with Gasteiger partial charge in [0.05, 0.1) is 22.9 Å². The van der Waals surface area contributed by atoms with E-state index in [2.05, 4.69) is 26.3 Å². The van der Waals surface area contributed by atoms with Gasteiger partial charge in [-0.1, -0.05) is 6.07 Å². The van der Waals surface area contributed by atoms with Crippen molar-refractivity contribution in [2.45, 2.75) is 25.4 Å². The number of fused-ring (bicyclic) bond motifs is 1. The normalized spacial score (nSPS) is 14.9. The van der Waals surface area contributed by atoms with Crippen molar-refractivity contribution in [1.82, 2.24) is 9.78 Å². The first kappa shape index (κ1) is 18.0. The van der Waals surface area contributed by atoms with Gasteiger partial charge in [-0.2, -0.15) is 5.10 Å². The Hall–Kier alpha value is -2.39. The van der Waals surface area contributed by atoms with Crippen LogP contribution in [0.1, 0.15) is 32.9 Å². The van der Waals surface area contributed by atoms with Crippen LogP contribution in [-0.2, 0) is 21.3 Å². The zero-order chi connectivity index (χ0) is 19.3. The Labute approximate surface area is 164 Å². The molecule has 3 aromatic rings. The Balaban J connectivity index is 1.80. The van der Waals surface area contributed by atoms with Gasteiger partial charge in [0, 0.05) is 5.56 Å². The van der Waals surface area contributed by atoms with Gasteiger partial charge in [-0.25, -0.2) is 13.1 Å². The molecular weight excluding hydrogens is 434 g/mol. The van der Waals surface area contributed by atoms with Crippen LogP contribution < -0.4 is 5.32 Å². The zero-order valence-corrected chi connectivity index (χ0v) is 17.0. The van der Waals surface area contributed by atoms with Crippen LogP contribution in [0.2, 0.25) is 0 Å². The van der Waals surface area contributed by atoms with E-state index < -0.39 is 15.7 Å². The highest BCUT2D eigenvalue weighted by atomic mass is 79.9. The van der Waals surface area contributed by atoms with Crippen LogP contribution in [0.25, 0.3) is 5.69 Å². The smallest absolute Gasteiger partial charge is 0.292 e. The first-order valence-corrected chi connectivity index (χ1v) is 10.8. The average Bonchev–Trinajstić information content (AvgIpc) is 3.24. The van der Waals surface area contributed by atoms with Crippen LogP contribution in [0.15, 0.2) is 39.4 Å². The average molecular weight is 450 g/mol. The quantitative estimate of drug-likeness (QED) is 0.659. The number of halogens is 1. The van der Waals surface area contributed by atoms with Gasteiger partial charge in [0.1, 0.15) is 5.82 Å². The summed E-state index contributed by atoms with van der Waals surface area (Å²) in [5, 5.41) is 7.24. The second-order valence-electron chi connectivity index (χ2n) is 6.54. The van der Waals surface area contributed by atoms with Gasteiger partial charge in [-0.3, -0.25) is 4.79 Å². The number of rotatable bonds is 3. The van der Waals surface area contributed by atoms with Crippen molar-refractivity contribution in [1.29, 1.82) is 0 Å². The molecule has 0 saturated carbocycles. The van der Waals surface area contributed by atoms with Crippen molar-refractivity contribution in [3.63, 3.8) is 0 Å². The molecule has 7 nitrogen and oxygen atoms in total. The molecule has 27 heavy (non-hydrogen) atoms. The van der Waals surface area contributed by atoms with Crippen LogP contribution in [0.3, 0.4) is 0 Å². The van der Waals surface area contributed by atoms with Crippen LogP contribution >= 0.6 is 15.9 Å². The molecule has 0 spiro atoms. The number of sulfone groups is 1. The lowest BCUT2D eigenvalue weighted by atomic mass is 10.1. The second kappa shape index (κ2) is 6.35. The summed E-state index contributed by atoms with van der Waals surface area (Å²) in [5.41, 5.74) is 3.94. The molecule has 3 heterocycles. The van der Waals surface area contributed by atoms with E-state index in [-0.39, 0.29) is 17.3 Å². The van der Waals surface area contributed by atoms with Crippen molar-refractivity contribution < 1.29 is 17.6 Å². The van der Waals surface area contributed by atoms with Crippen molar-refractivity contribution in [3.05, 3.63) is 63.1 Å². The number of anilines is 1. The fraction of sp³-hybridized carbons (Fsp3) is 0.222. The van der Waals surface area contributed by atoms with Crippen LogP contribution in [0, 0.1) is 13.8 Å². The number of furan rings is 1. The van der Waals surface area contributed by atoms with Gasteiger partial charge in [0.25, 0.3) is 5.91 Å². The summed E-state index contributed by atoms with van der Waals surface area (Å²) >= 11 is 3.17. The number of nitrogens with zero attached hydrogens (tertiary/aromatic N) is 2. The summed E-state index contributed by atoms with van der Waals surface area (Å²) in [6, 6.07) is 8.95. The first-order valence-electron chi connectivity index (χ1n) is 8.19. The maximum absolute atomic E-state index is 12.6. The summed E-state index contributed by atoms with van der Waals surface area (Å²) in [7, 11) is -3.25. The maximum Gasteiger partial charge on any atom is 0.292 e. The third-order valence-electron chi connectivity index (χ3n) is 4.55. The topological polar surface area (TPSA) is 94.2 Å². The number of aromatic nitrogens is 2. The number of benzene rings is 1. The van der Waals surface area contributed by atoms with Crippen LogP contribution in [0.5, 0.6) is 0 Å². The highest BCUT2D eigenvalue weighted by Crippen LogP contribution is 2.33. The van der Waals surface area contributed by atoms with E-state index in [9.17, 15) is 13.2 Å². The van der Waals surface area contributed by atoms with E-state index in [4.69, 9.17) is 4.42 Å². The van der Waals surface area contributed by atoms with Gasteiger partial charge < -0.3 is 9.73 Å². The van der Waals surface area contributed by atoms with Crippen molar-refractivity contribution in [2.24, 2.45) is 0 Å². The molecule has 0 unspecified atom stereocenters. The third kappa shape index (κ3) is 3.32. The predicted octanol–water partition coefficient (Wildman–Crippen LogP) is 3.53. The SMILES string of the molecule is Cc1ccc(-n2nc3c(c2NC(=O)c2ccc(Br)o2)CS(=O)(=O)C3)cc1C. The number of amides is 1. The fourth-order valence-electron chi connectivity index (χ4n) is 3.02. The number of aryl methyl sites for hydroxylation is 2. The highest BCUT2D eigenvalue weighted by Gasteiger charge is 2.33. The molecule has 2 aromatic heterocycles. The molecule has 0 bridgehead atoms. The molecule has 0 radical (unpaired) electrons. The molecule has 0 atom stereocenters. The minimum absolute atomic E-state index is 0.115. The molecule has 1 aliphatic heterocycles. The van der Waals surface area contributed by atoms with Gasteiger partial charge in [-0.05, 0) is 65.2 Å². The van der Waals surface area contributed by atoms with Crippen molar-refractivity contribution in [3.8, 4) is 5.69 Å². The number of nitrogens with one attached hydrogen (secondary N) is 1. The van der Waals surface area contributed by atoms with E-state index in [1.54, 1.807) is 10.7 Å². The third-order valence-corrected chi connectivity index (χ3v) is 6.42.